The second-order valence-electron chi connectivity index (χ2n) is 16.0. The van der Waals surface area contributed by atoms with E-state index in [4.69, 9.17) is 28.8 Å². The first-order chi connectivity index (χ1) is 21.5. The molecule has 5 rings (SSSR count). The summed E-state index contributed by atoms with van der Waals surface area (Å²) in [5, 5.41) is 51.9. The Morgan fingerprint density at radius 2 is 1.74 bits per heavy atom. The Bertz CT molecular complexity index is 1080. The van der Waals surface area contributed by atoms with Crippen LogP contribution in [0, 0.1) is 29.6 Å². The molecule has 16 atom stereocenters. The number of carbonyl (C=O) groups is 1. The number of rotatable bonds is 10. The van der Waals surface area contributed by atoms with Crippen molar-refractivity contribution in [1.29, 1.82) is 0 Å². The number of ether oxygens (including phenoxy) is 5. The molecule has 0 aromatic heterocycles. The number of aliphatic hydroxyl groups excluding tert-OH is 3. The lowest BCUT2D eigenvalue weighted by Gasteiger charge is -2.48. The molecular weight excluding hydrogens is 596 g/mol. The van der Waals surface area contributed by atoms with Crippen molar-refractivity contribution in [2.75, 3.05) is 6.61 Å². The molecule has 0 amide bonds. The standard InChI is InChI=1S/C35H60O11/c1-8-33(31-20(3)16-26(42-31)29-19(2)15-21(4)35(41,18-36)45-29)12-11-27(43-33)32(7)13-14-34(46-32)17-25(38)23(6)30(44-34)22(5)24(37)9-10-28(39)40/h19-27,29-31,36-38,41H,8-18H2,1-7H3,(H,39,40)/t19-,20-,21+,22?,23+,24?,25-,26+,27+,29-,30+,31+,32-,33-,34+,35-/m0/s1. The van der Waals surface area contributed by atoms with Gasteiger partial charge in [0.25, 0.3) is 0 Å². The number of hydrogen-bond donors (Lipinski definition) is 5. The summed E-state index contributed by atoms with van der Waals surface area (Å²) in [5.74, 6) is -3.95. The van der Waals surface area contributed by atoms with Crippen LogP contribution >= 0.6 is 0 Å². The summed E-state index contributed by atoms with van der Waals surface area (Å²) in [7, 11) is 0. The Hall–Kier alpha value is -0.890. The Morgan fingerprint density at radius 3 is 2.39 bits per heavy atom. The number of carboxylic acid groups (broad SMARTS) is 1. The van der Waals surface area contributed by atoms with E-state index >= 15 is 0 Å². The molecule has 5 saturated heterocycles. The Morgan fingerprint density at radius 1 is 1.02 bits per heavy atom. The molecular formula is C35H60O11. The molecule has 2 unspecified atom stereocenters. The number of hydrogen-bond acceptors (Lipinski definition) is 10. The second kappa shape index (κ2) is 13.4. The van der Waals surface area contributed by atoms with Crippen molar-refractivity contribution in [3.05, 3.63) is 0 Å². The summed E-state index contributed by atoms with van der Waals surface area (Å²) < 4.78 is 33.5. The highest BCUT2D eigenvalue weighted by atomic mass is 16.7. The molecule has 5 aliphatic heterocycles. The monoisotopic (exact) mass is 656 g/mol. The van der Waals surface area contributed by atoms with Gasteiger partial charge in [0.2, 0.25) is 0 Å². The molecule has 0 radical (unpaired) electrons. The van der Waals surface area contributed by atoms with Crippen LogP contribution in [-0.4, -0.2) is 104 Å². The van der Waals surface area contributed by atoms with Crippen LogP contribution in [0.3, 0.4) is 0 Å². The van der Waals surface area contributed by atoms with Crippen LogP contribution in [-0.2, 0) is 28.5 Å². The van der Waals surface area contributed by atoms with Crippen molar-refractivity contribution in [1.82, 2.24) is 0 Å². The van der Waals surface area contributed by atoms with Gasteiger partial charge in [-0.3, -0.25) is 4.79 Å². The molecule has 0 aromatic carbocycles. The molecule has 46 heavy (non-hydrogen) atoms. The molecule has 11 heteroatoms. The van der Waals surface area contributed by atoms with Crippen LogP contribution < -0.4 is 0 Å². The van der Waals surface area contributed by atoms with Crippen molar-refractivity contribution >= 4 is 5.97 Å². The Kier molecular flexibility index (Phi) is 10.6. The van der Waals surface area contributed by atoms with Crippen LogP contribution in [0.5, 0.6) is 0 Å². The molecule has 0 saturated carbocycles. The molecule has 5 N–H and O–H groups in total. The van der Waals surface area contributed by atoms with Gasteiger partial charge in [0.15, 0.2) is 11.6 Å². The molecule has 0 aromatic rings. The SMILES string of the molecule is CC[C@@]1([C@@H]2O[C@@H]([C@H]3O[C@@](O)(CO)[C@H](C)C[C@@H]3C)C[C@@H]2C)CC[C@H]([C@]2(C)CC[C@]3(C[C@H](O)[C@@H](C)[C@@H](C(C)C(O)CCC(=O)O)O3)O2)O1. The maximum Gasteiger partial charge on any atom is 0.303 e. The van der Waals surface area contributed by atoms with E-state index in [9.17, 15) is 25.2 Å². The zero-order valence-electron chi connectivity index (χ0n) is 28.9. The van der Waals surface area contributed by atoms with Crippen LogP contribution in [0.4, 0.5) is 0 Å². The zero-order valence-corrected chi connectivity index (χ0v) is 28.9. The predicted molar refractivity (Wildman–Crippen MR) is 168 cm³/mol. The van der Waals surface area contributed by atoms with Crippen molar-refractivity contribution in [2.45, 2.75) is 178 Å². The fourth-order valence-corrected chi connectivity index (χ4v) is 9.46. The van der Waals surface area contributed by atoms with Crippen molar-refractivity contribution in [3.63, 3.8) is 0 Å². The third kappa shape index (κ3) is 6.66. The van der Waals surface area contributed by atoms with E-state index in [1.54, 1.807) is 0 Å². The molecule has 266 valence electrons. The maximum atomic E-state index is 11.1. The van der Waals surface area contributed by atoms with Gasteiger partial charge in [-0.1, -0.05) is 41.5 Å². The number of aliphatic carboxylic acids is 1. The first-order valence-corrected chi connectivity index (χ1v) is 17.8. The molecule has 11 nitrogen and oxygen atoms in total. The van der Waals surface area contributed by atoms with Crippen molar-refractivity contribution in [3.8, 4) is 0 Å². The lowest BCUT2D eigenvalue weighted by molar-refractivity contribution is -0.335. The van der Waals surface area contributed by atoms with Gasteiger partial charge < -0.3 is 49.2 Å². The highest BCUT2D eigenvalue weighted by Gasteiger charge is 2.62. The average Bonchev–Trinajstić information content (AvgIpc) is 3.72. The molecule has 1 spiro atoms. The zero-order chi connectivity index (χ0) is 33.8. The van der Waals surface area contributed by atoms with Crippen LogP contribution in [0.1, 0.15) is 113 Å². The average molecular weight is 657 g/mol. The third-order valence-corrected chi connectivity index (χ3v) is 12.6. The van der Waals surface area contributed by atoms with E-state index in [0.717, 1.165) is 32.1 Å². The van der Waals surface area contributed by atoms with Gasteiger partial charge in [-0.25, -0.2) is 0 Å². The highest BCUT2D eigenvalue weighted by molar-refractivity contribution is 5.66. The third-order valence-electron chi connectivity index (χ3n) is 12.6. The van der Waals surface area contributed by atoms with Gasteiger partial charge in [0.1, 0.15) is 0 Å². The minimum absolute atomic E-state index is 0.121. The van der Waals surface area contributed by atoms with E-state index in [0.29, 0.717) is 19.3 Å². The normalized spacial score (nSPS) is 51.0. The fraction of sp³-hybridized carbons (Fsp3) is 0.971. The lowest BCUT2D eigenvalue weighted by Crippen LogP contribution is -2.56. The van der Waals surface area contributed by atoms with Crippen LogP contribution in [0.2, 0.25) is 0 Å². The summed E-state index contributed by atoms with van der Waals surface area (Å²) in [6.45, 7) is 13.7. The van der Waals surface area contributed by atoms with Gasteiger partial charge in [-0.15, -0.1) is 0 Å². The lowest BCUT2D eigenvalue weighted by atomic mass is 9.79. The molecule has 5 aliphatic rings. The second-order valence-corrected chi connectivity index (χ2v) is 16.0. The van der Waals surface area contributed by atoms with E-state index in [1.165, 1.54) is 0 Å². The summed E-state index contributed by atoms with van der Waals surface area (Å²) in [6, 6.07) is 0. The maximum absolute atomic E-state index is 11.1. The Labute approximate surface area is 274 Å². The minimum Gasteiger partial charge on any atom is -0.481 e. The molecule has 5 fully saturated rings. The summed E-state index contributed by atoms with van der Waals surface area (Å²) >= 11 is 0. The van der Waals surface area contributed by atoms with E-state index in [-0.39, 0.29) is 66.8 Å². The smallest absolute Gasteiger partial charge is 0.303 e. The Balaban J connectivity index is 1.26. The quantitative estimate of drug-likeness (QED) is 0.233. The van der Waals surface area contributed by atoms with Crippen LogP contribution in [0.15, 0.2) is 0 Å². The first-order valence-electron chi connectivity index (χ1n) is 17.8. The summed E-state index contributed by atoms with van der Waals surface area (Å²) in [4.78, 5) is 11.1. The summed E-state index contributed by atoms with van der Waals surface area (Å²) in [6.07, 6.45) is 2.55. The van der Waals surface area contributed by atoms with Gasteiger partial charge in [0.05, 0.1) is 60.5 Å². The molecule has 0 bridgehead atoms. The van der Waals surface area contributed by atoms with E-state index < -0.39 is 53.7 Å². The number of carboxylic acids is 1. The number of aliphatic hydroxyl groups is 4. The van der Waals surface area contributed by atoms with E-state index in [2.05, 4.69) is 27.7 Å². The highest BCUT2D eigenvalue weighted by Crippen LogP contribution is 2.54. The van der Waals surface area contributed by atoms with E-state index in [1.807, 2.05) is 20.8 Å². The van der Waals surface area contributed by atoms with Crippen LogP contribution in [0.25, 0.3) is 0 Å². The van der Waals surface area contributed by atoms with Gasteiger partial charge in [-0.05, 0) is 63.7 Å². The largest absolute Gasteiger partial charge is 0.481 e. The summed E-state index contributed by atoms with van der Waals surface area (Å²) in [5.41, 5.74) is -1.16. The molecule has 5 heterocycles. The predicted octanol–water partition coefficient (Wildman–Crippen LogP) is 3.76. The van der Waals surface area contributed by atoms with Gasteiger partial charge >= 0.3 is 5.97 Å². The first kappa shape index (κ1) is 36.4. The van der Waals surface area contributed by atoms with Crippen molar-refractivity contribution < 1.29 is 54.0 Å². The fourth-order valence-electron chi connectivity index (χ4n) is 9.46. The van der Waals surface area contributed by atoms with Crippen molar-refractivity contribution in [2.24, 2.45) is 29.6 Å². The minimum atomic E-state index is -1.57. The topological polar surface area (TPSA) is 164 Å². The van der Waals surface area contributed by atoms with Gasteiger partial charge in [0, 0.05) is 37.0 Å². The van der Waals surface area contributed by atoms with Gasteiger partial charge in [-0.2, -0.15) is 0 Å². The molecule has 0 aliphatic carbocycles.